The summed E-state index contributed by atoms with van der Waals surface area (Å²) < 4.78 is 220. The Kier molecular flexibility index (Phi) is 33.8. The van der Waals surface area contributed by atoms with Crippen LogP contribution in [0.2, 0.25) is 0 Å². The molecule has 2 aromatic carbocycles. The maximum absolute atomic E-state index is 11.6. The van der Waals surface area contributed by atoms with Gasteiger partial charge in [0, 0.05) is 73.3 Å². The van der Waals surface area contributed by atoms with Crippen LogP contribution in [0.1, 0.15) is 108 Å². The minimum Gasteiger partial charge on any atom is -0.491 e. The summed E-state index contributed by atoms with van der Waals surface area (Å²) in [7, 11) is -17.5. The standard InChI is InChI=1S/C26H38N2O9.C23H34N2O7.3CHF3O3S.Sc/c1-7-33-26(32)34-13-20-21(29)22(30)23(31)25(36-20)37-24-19(16(6)28(27-24)14(2)3)12-17-8-10-18(11-9-17)35-15(4)5;1-12(2)25-14(5)17(10-15-6-8-16(9-7-15)30-13(3)4)22(24-25)32-23-21(29)20(28)19(27)18(11-26)31-23;3*2-1(3,4)8(5,6)7;/h8-11,14-15,20-23,25,29-31H,7,12-13H2,1-6H3;6-9,12-13,18-21,23,26-29H,10-11H2,1-5H3;3*(H,5,6,7);/t20-,21-,22+,23-,25+;18-,19-,20+,21-,23+;;;;/m11..../s1. The fraction of sp³-hybridized carbons (Fsp3) is 0.635. The van der Waals surface area contributed by atoms with Crippen LogP contribution in [0.3, 0.4) is 0 Å². The van der Waals surface area contributed by atoms with Gasteiger partial charge in [-0.3, -0.25) is 23.0 Å². The Labute approximate surface area is 552 Å². The van der Waals surface area contributed by atoms with Crippen molar-refractivity contribution in [1.82, 2.24) is 19.6 Å². The number of aromatic nitrogens is 4. The van der Waals surface area contributed by atoms with E-state index >= 15 is 0 Å². The average Bonchev–Trinajstić information content (AvgIpc) is 1.57. The van der Waals surface area contributed by atoms with Crippen molar-refractivity contribution in [1.29, 1.82) is 0 Å². The molecule has 0 amide bonds. The van der Waals surface area contributed by atoms with E-state index in [2.05, 4.69) is 10.2 Å². The quantitative estimate of drug-likeness (QED) is 0.0270. The van der Waals surface area contributed by atoms with Gasteiger partial charge in [-0.25, -0.2) is 4.79 Å². The van der Waals surface area contributed by atoms with E-state index in [4.69, 9.17) is 76.8 Å². The zero-order chi connectivity index (χ0) is 71.9. The van der Waals surface area contributed by atoms with Crippen molar-refractivity contribution in [2.24, 2.45) is 0 Å². The number of aliphatic hydroxyl groups is 7. The van der Waals surface area contributed by atoms with Crippen LogP contribution in [0, 0.1) is 13.8 Å². The fourth-order valence-electron chi connectivity index (χ4n) is 7.82. The van der Waals surface area contributed by atoms with Crippen LogP contribution in [0.25, 0.3) is 0 Å². The van der Waals surface area contributed by atoms with E-state index in [-0.39, 0.29) is 68.5 Å². The van der Waals surface area contributed by atoms with E-state index in [0.717, 1.165) is 45.1 Å². The maximum Gasteiger partial charge on any atom is 0.522 e. The summed E-state index contributed by atoms with van der Waals surface area (Å²) in [5.74, 6) is 2.05. The van der Waals surface area contributed by atoms with Crippen molar-refractivity contribution < 1.29 is 183 Å². The molecule has 1 radical (unpaired) electrons. The number of carbonyl (C=O) groups is 1. The number of nitrogens with zero attached hydrogens (tertiary/aromatic N) is 4. The molecule has 2 fully saturated rings. The molecule has 6 rings (SSSR count). The Bertz CT molecular complexity index is 3220. The van der Waals surface area contributed by atoms with Crippen molar-refractivity contribution in [2.45, 2.75) is 191 Å². The summed E-state index contributed by atoms with van der Waals surface area (Å²) >= 11 is 0. The molecular formula is C52H75F9N4O25S3Sc. The van der Waals surface area contributed by atoms with Gasteiger partial charge in [0.05, 0.1) is 25.4 Å². The normalized spacial score (nSPS) is 21.8. The first-order valence-corrected chi connectivity index (χ1v) is 31.6. The van der Waals surface area contributed by atoms with Crippen LogP contribution in [-0.4, -0.2) is 210 Å². The molecule has 0 saturated carbocycles. The van der Waals surface area contributed by atoms with Gasteiger partial charge in [0.15, 0.2) is 0 Å². The summed E-state index contributed by atoms with van der Waals surface area (Å²) in [6.07, 6.45) is -13.8. The van der Waals surface area contributed by atoms with Crippen molar-refractivity contribution in [3.05, 3.63) is 82.2 Å². The van der Waals surface area contributed by atoms with Crippen LogP contribution in [0.15, 0.2) is 48.5 Å². The summed E-state index contributed by atoms with van der Waals surface area (Å²) in [4.78, 5) is 11.6. The van der Waals surface area contributed by atoms with Crippen LogP contribution >= 0.6 is 0 Å². The molecule has 10 N–H and O–H groups in total. The second-order valence-electron chi connectivity index (χ2n) is 21.0. The summed E-state index contributed by atoms with van der Waals surface area (Å²) in [6.45, 7) is 20.5. The number of ether oxygens (including phenoxy) is 8. The van der Waals surface area contributed by atoms with E-state index in [1.54, 1.807) is 6.92 Å². The number of hydrogen-bond acceptors (Lipinski definition) is 24. The molecule has 94 heavy (non-hydrogen) atoms. The molecular weight excluding hydrogens is 1390 g/mol. The molecule has 10 atom stereocenters. The Morgan fingerprint density at radius 3 is 1.10 bits per heavy atom. The zero-order valence-electron chi connectivity index (χ0n) is 51.8. The van der Waals surface area contributed by atoms with E-state index in [1.165, 1.54) is 0 Å². The smallest absolute Gasteiger partial charge is 0.491 e. The third-order valence-corrected chi connectivity index (χ3v) is 14.0. The maximum atomic E-state index is 11.6. The Balaban J connectivity index is 0.000000694. The van der Waals surface area contributed by atoms with E-state index in [9.17, 15) is 80.1 Å². The van der Waals surface area contributed by atoms with E-state index in [1.807, 2.05) is 127 Å². The predicted molar refractivity (Wildman–Crippen MR) is 302 cm³/mol. The molecule has 4 heterocycles. The Morgan fingerprint density at radius 1 is 0.532 bits per heavy atom. The van der Waals surface area contributed by atoms with Crippen LogP contribution in [0.4, 0.5) is 44.3 Å². The first-order valence-electron chi connectivity index (χ1n) is 27.3. The van der Waals surface area contributed by atoms with Gasteiger partial charge in [-0.15, -0.1) is 10.2 Å². The van der Waals surface area contributed by atoms with Gasteiger partial charge in [-0.2, -0.15) is 64.8 Å². The van der Waals surface area contributed by atoms with Gasteiger partial charge >= 0.3 is 53.0 Å². The molecule has 2 aliphatic heterocycles. The average molecular weight is 1470 g/mol. The SMILES string of the molecule is CCOC(=O)OC[C@H]1O[C@@H](Oc2nn(C(C)C)c(C)c2Cc2ccc(OC(C)C)cc2)[C@H](O)[C@@H](O)[C@@H]1O.Cc1c(Cc2ccc(OC(C)C)cc2)c(O[C@@H]2O[C@H](CO)[C@@H](O)[C@H](O)[C@H]2O)nn1C(C)C.O=S(=O)(O)C(F)(F)F.O=S(=O)(O)C(F)(F)F.O=S(=O)(O)C(F)(F)F.[Sc]. The topological polar surface area (TPSA) is 431 Å². The van der Waals surface area contributed by atoms with Crippen molar-refractivity contribution in [3.8, 4) is 23.3 Å². The minimum absolute atomic E-state index is 0. The molecule has 4 aromatic rings. The number of hydrogen-bond donors (Lipinski definition) is 10. The van der Waals surface area contributed by atoms with Crippen molar-refractivity contribution in [3.63, 3.8) is 0 Å². The Hall–Kier alpha value is -5.06. The zero-order valence-corrected chi connectivity index (χ0v) is 56.1. The molecule has 0 aliphatic carbocycles. The van der Waals surface area contributed by atoms with E-state index in [0.29, 0.717) is 12.8 Å². The van der Waals surface area contributed by atoms with Gasteiger partial charge in [0.1, 0.15) is 66.9 Å². The second-order valence-corrected chi connectivity index (χ2v) is 25.2. The largest absolute Gasteiger partial charge is 0.522 e. The molecule has 2 aliphatic rings. The number of aliphatic hydroxyl groups excluding tert-OH is 7. The molecule has 537 valence electrons. The Morgan fingerprint density at radius 2 is 0.830 bits per heavy atom. The second kappa shape index (κ2) is 36.5. The van der Waals surface area contributed by atoms with Gasteiger partial charge in [0.25, 0.3) is 0 Å². The number of carbonyl (C=O) groups excluding carboxylic acids is 1. The van der Waals surface area contributed by atoms with E-state index < -0.39 is 128 Å². The first-order chi connectivity index (χ1) is 42.4. The molecule has 42 heteroatoms. The molecule has 0 bridgehead atoms. The third-order valence-electron chi connectivity index (χ3n) is 12.3. The number of alkyl halides is 9. The van der Waals surface area contributed by atoms with Crippen molar-refractivity contribution >= 4 is 36.5 Å². The van der Waals surface area contributed by atoms with Gasteiger partial charge in [-0.1, -0.05) is 24.3 Å². The van der Waals surface area contributed by atoms with Gasteiger partial charge in [-0.05, 0) is 112 Å². The van der Waals surface area contributed by atoms with Gasteiger partial charge in [0.2, 0.25) is 24.3 Å². The van der Waals surface area contributed by atoms with Crippen molar-refractivity contribution in [2.75, 3.05) is 19.8 Å². The molecule has 0 unspecified atom stereocenters. The summed E-state index contributed by atoms with van der Waals surface area (Å²) in [5, 5.41) is 80.3. The molecule has 2 aromatic heterocycles. The van der Waals surface area contributed by atoms with Crippen LogP contribution in [-0.2, 0) is 88.0 Å². The predicted octanol–water partition coefficient (Wildman–Crippen LogP) is 5.02. The van der Waals surface area contributed by atoms with Crippen LogP contribution in [0.5, 0.6) is 23.3 Å². The van der Waals surface area contributed by atoms with Crippen LogP contribution < -0.4 is 18.9 Å². The summed E-state index contributed by atoms with van der Waals surface area (Å²) in [5.41, 5.74) is -11.2. The number of rotatable bonds is 18. The monoisotopic (exact) mass is 1470 g/mol. The third kappa shape index (κ3) is 26.4. The first kappa shape index (κ1) is 87.0. The number of benzene rings is 2. The molecule has 29 nitrogen and oxygen atoms in total. The minimum atomic E-state index is -5.84. The molecule has 0 spiro atoms. The number of halogens is 9. The van der Waals surface area contributed by atoms with Gasteiger partial charge < -0.3 is 73.6 Å². The molecule has 2 saturated heterocycles. The fourth-order valence-corrected chi connectivity index (χ4v) is 7.82. The summed E-state index contributed by atoms with van der Waals surface area (Å²) in [6, 6.07) is 15.6.